The fraction of sp³-hybridized carbons (Fsp3) is 0.542. The minimum atomic E-state index is -1.50. The number of halogens is 2. The number of rotatable bonds is 4. The van der Waals surface area contributed by atoms with Gasteiger partial charge >= 0.3 is 6.09 Å². The van der Waals surface area contributed by atoms with Gasteiger partial charge in [-0.2, -0.15) is 0 Å². The fourth-order valence-corrected chi connectivity index (χ4v) is 4.77. The van der Waals surface area contributed by atoms with E-state index in [9.17, 15) is 23.2 Å². The number of nitrogens with zero attached hydrogens (tertiary/aromatic N) is 4. The fourth-order valence-electron chi connectivity index (χ4n) is 4.25. The molecule has 1 amide bonds. The Kier molecular flexibility index (Phi) is 7.43. The zero-order valence-corrected chi connectivity index (χ0v) is 21.2. The lowest BCUT2D eigenvalue weighted by atomic mass is 9.91. The molecule has 10 heteroatoms. The van der Waals surface area contributed by atoms with Gasteiger partial charge in [-0.15, -0.1) is 0 Å². The van der Waals surface area contributed by atoms with Gasteiger partial charge in [-0.1, -0.05) is 16.5 Å². The van der Waals surface area contributed by atoms with E-state index in [-0.39, 0.29) is 12.1 Å². The van der Waals surface area contributed by atoms with E-state index in [0.717, 1.165) is 6.07 Å². The van der Waals surface area contributed by atoms with Crippen LogP contribution in [-0.4, -0.2) is 46.7 Å². The highest BCUT2D eigenvalue weighted by atomic mass is 32.2. The van der Waals surface area contributed by atoms with Gasteiger partial charge in [0.1, 0.15) is 28.1 Å². The van der Waals surface area contributed by atoms with Gasteiger partial charge in [-0.05, 0) is 66.0 Å². The van der Waals surface area contributed by atoms with Crippen molar-refractivity contribution in [2.75, 3.05) is 0 Å². The summed E-state index contributed by atoms with van der Waals surface area (Å²) >= 11 is -1.50. The molecule has 1 aromatic carbocycles. The highest BCUT2D eigenvalue weighted by molar-refractivity contribution is 7.91. The van der Waals surface area contributed by atoms with Crippen LogP contribution < -0.4 is 0 Å². The van der Waals surface area contributed by atoms with Crippen LogP contribution in [0.5, 0.6) is 0 Å². The maximum atomic E-state index is 14.7. The molecule has 1 N–H and O–H groups in total. The largest absolute Gasteiger partial charge is 0.591 e. The average Bonchev–Trinajstić information content (AvgIpc) is 3.01. The molecule has 1 aromatic heterocycles. The molecule has 1 aliphatic heterocycles. The van der Waals surface area contributed by atoms with Crippen LogP contribution in [0.2, 0.25) is 0 Å². The van der Waals surface area contributed by atoms with Crippen LogP contribution in [0.25, 0.3) is 0 Å². The lowest BCUT2D eigenvalue weighted by molar-refractivity contribution is 0.0634. The Morgan fingerprint density at radius 2 is 1.94 bits per heavy atom. The summed E-state index contributed by atoms with van der Waals surface area (Å²) in [5, 5.41) is 10.0. The molecule has 0 spiro atoms. The van der Waals surface area contributed by atoms with E-state index in [4.69, 9.17) is 0 Å². The van der Waals surface area contributed by atoms with Crippen LogP contribution in [0.4, 0.5) is 13.6 Å². The number of hydrogen-bond acceptors (Lipinski definition) is 4. The molecule has 0 aliphatic carbocycles. The Morgan fingerprint density at radius 1 is 1.26 bits per heavy atom. The van der Waals surface area contributed by atoms with Crippen LogP contribution in [0, 0.1) is 11.6 Å². The van der Waals surface area contributed by atoms with Crippen molar-refractivity contribution in [3.05, 3.63) is 53.1 Å². The van der Waals surface area contributed by atoms with Crippen LogP contribution in [0.3, 0.4) is 0 Å². The number of fused-ring (bicyclic) bond motifs is 1. The minimum Gasteiger partial charge on any atom is -0.591 e. The van der Waals surface area contributed by atoms with Gasteiger partial charge in [0.15, 0.2) is 11.6 Å². The molecule has 1 aliphatic rings. The lowest BCUT2D eigenvalue weighted by Gasteiger charge is -2.39. The Bertz CT molecular complexity index is 1080. The molecule has 0 saturated heterocycles. The number of imidazole rings is 1. The van der Waals surface area contributed by atoms with Crippen molar-refractivity contribution >= 4 is 23.7 Å². The Morgan fingerprint density at radius 3 is 2.53 bits per heavy atom. The summed E-state index contributed by atoms with van der Waals surface area (Å²) < 4.78 is 46.6. The van der Waals surface area contributed by atoms with Gasteiger partial charge in [0.05, 0.1) is 17.9 Å². The second-order valence-electron chi connectivity index (χ2n) is 10.5. The standard InChI is InChI=1S/C24H32F2N4O3S/c1-23(2,3)30(22(31)32)19-11-10-15(17-8-7-9-18(25)20(17)26)14-29-16(12-27-21(19)29)13-28-34(33)24(4,5)6/h7-9,12-13,15,19H,10-11,14H2,1-6H3,(H,31,32)/b28-13+/t15-,19-,34?/m1/s1. The number of hydrogen-bond donors (Lipinski definition) is 1. The second kappa shape index (κ2) is 9.65. The molecule has 0 radical (unpaired) electrons. The molecule has 3 atom stereocenters. The lowest BCUT2D eigenvalue weighted by Crippen LogP contribution is -2.47. The average molecular weight is 495 g/mol. The topological polar surface area (TPSA) is 93.8 Å². The van der Waals surface area contributed by atoms with E-state index in [2.05, 4.69) is 9.38 Å². The number of aromatic nitrogens is 2. The summed E-state index contributed by atoms with van der Waals surface area (Å²) in [7, 11) is 0. The first-order chi connectivity index (χ1) is 15.7. The maximum Gasteiger partial charge on any atom is 0.408 e. The third-order valence-corrected chi connectivity index (χ3v) is 7.22. The summed E-state index contributed by atoms with van der Waals surface area (Å²) in [5.41, 5.74) is 0.0406. The van der Waals surface area contributed by atoms with Crippen LogP contribution in [-0.2, 0) is 17.9 Å². The Labute approximate surface area is 202 Å². The van der Waals surface area contributed by atoms with Crippen LogP contribution in [0.15, 0.2) is 28.8 Å². The molecule has 7 nitrogen and oxygen atoms in total. The van der Waals surface area contributed by atoms with E-state index in [1.54, 1.807) is 37.6 Å². The number of benzene rings is 1. The van der Waals surface area contributed by atoms with E-state index in [1.807, 2.05) is 20.8 Å². The zero-order valence-electron chi connectivity index (χ0n) is 20.4. The van der Waals surface area contributed by atoms with Crippen molar-refractivity contribution in [2.45, 2.75) is 83.2 Å². The van der Waals surface area contributed by atoms with Crippen molar-refractivity contribution in [1.82, 2.24) is 14.5 Å². The Hall–Kier alpha value is -2.46. The first-order valence-corrected chi connectivity index (χ1v) is 12.3. The molecule has 34 heavy (non-hydrogen) atoms. The van der Waals surface area contributed by atoms with E-state index < -0.39 is 51.3 Å². The molecular formula is C24H32F2N4O3S. The molecule has 0 bridgehead atoms. The highest BCUT2D eigenvalue weighted by Crippen LogP contribution is 2.39. The molecule has 186 valence electrons. The normalized spacial score (nSPS) is 20.1. The SMILES string of the molecule is CC(C)(C)N(C(=O)O)[C@@H]1CC[C@@H](c2cccc(F)c2F)Cn2c(/C=N/[S+]([O-])C(C)(C)C)cnc21. The molecule has 1 unspecified atom stereocenters. The predicted octanol–water partition coefficient (Wildman–Crippen LogP) is 5.44. The van der Waals surface area contributed by atoms with Crippen molar-refractivity contribution < 1.29 is 23.2 Å². The van der Waals surface area contributed by atoms with Crippen molar-refractivity contribution in [1.29, 1.82) is 0 Å². The summed E-state index contributed by atoms with van der Waals surface area (Å²) in [6.45, 7) is 11.1. The van der Waals surface area contributed by atoms with Gasteiger partial charge in [0.25, 0.3) is 0 Å². The number of carboxylic acid groups (broad SMARTS) is 1. The quantitative estimate of drug-likeness (QED) is 0.452. The van der Waals surface area contributed by atoms with Crippen LogP contribution in [0.1, 0.15) is 83.4 Å². The molecule has 2 heterocycles. The minimum absolute atomic E-state index is 0.235. The second-order valence-corrected chi connectivity index (χ2v) is 12.4. The number of carbonyl (C=O) groups is 1. The third-order valence-electron chi connectivity index (χ3n) is 5.87. The van der Waals surface area contributed by atoms with Gasteiger partial charge < -0.3 is 14.2 Å². The number of amides is 1. The van der Waals surface area contributed by atoms with E-state index in [0.29, 0.717) is 24.4 Å². The van der Waals surface area contributed by atoms with E-state index >= 15 is 0 Å². The zero-order chi connectivity index (χ0) is 25.4. The first-order valence-electron chi connectivity index (χ1n) is 11.2. The van der Waals surface area contributed by atoms with Gasteiger partial charge in [0, 0.05) is 18.0 Å². The molecular weight excluding hydrogens is 462 g/mol. The third kappa shape index (κ3) is 5.43. The Balaban J connectivity index is 2.11. The maximum absolute atomic E-state index is 14.7. The molecule has 0 saturated carbocycles. The van der Waals surface area contributed by atoms with Gasteiger partial charge in [-0.25, -0.2) is 18.6 Å². The highest BCUT2D eigenvalue weighted by Gasteiger charge is 2.39. The molecule has 3 rings (SSSR count). The first kappa shape index (κ1) is 26.2. The summed E-state index contributed by atoms with van der Waals surface area (Å²) in [6.07, 6.45) is 2.73. The van der Waals surface area contributed by atoms with Crippen LogP contribution >= 0.6 is 0 Å². The monoisotopic (exact) mass is 494 g/mol. The predicted molar refractivity (Wildman–Crippen MR) is 128 cm³/mol. The molecule has 0 fully saturated rings. The smallest absolute Gasteiger partial charge is 0.408 e. The van der Waals surface area contributed by atoms with Crippen molar-refractivity contribution in [3.8, 4) is 0 Å². The summed E-state index contributed by atoms with van der Waals surface area (Å²) in [6, 6.07) is 3.50. The molecule has 2 aromatic rings. The van der Waals surface area contributed by atoms with Crippen molar-refractivity contribution in [3.63, 3.8) is 0 Å². The van der Waals surface area contributed by atoms with Gasteiger partial charge in [-0.3, -0.25) is 4.90 Å². The van der Waals surface area contributed by atoms with Crippen molar-refractivity contribution in [2.24, 2.45) is 4.40 Å². The summed E-state index contributed by atoms with van der Waals surface area (Å²) in [5.74, 6) is -1.74. The summed E-state index contributed by atoms with van der Waals surface area (Å²) in [4.78, 5) is 18.1. The van der Waals surface area contributed by atoms with Gasteiger partial charge in [0.2, 0.25) is 0 Å². The van der Waals surface area contributed by atoms with E-state index in [1.165, 1.54) is 17.2 Å².